The zero-order valence-corrected chi connectivity index (χ0v) is 19.2. The van der Waals surface area contributed by atoms with Gasteiger partial charge in [-0.15, -0.1) is 0 Å². The average Bonchev–Trinajstić information content (AvgIpc) is 3.01. The summed E-state index contributed by atoms with van der Waals surface area (Å²) in [5, 5.41) is 0. The quantitative estimate of drug-likeness (QED) is 0.391. The molecule has 3 N–H and O–H groups in total. The van der Waals surface area contributed by atoms with Gasteiger partial charge in [-0.3, -0.25) is 33.6 Å². The van der Waals surface area contributed by atoms with Crippen LogP contribution < -0.4 is 21.9 Å². The number of carbonyl (C=O) groups excluding carboxylic acids is 3. The highest BCUT2D eigenvalue weighted by Crippen LogP contribution is 2.35. The van der Waals surface area contributed by atoms with Gasteiger partial charge >= 0.3 is 5.69 Å². The van der Waals surface area contributed by atoms with Gasteiger partial charge in [-0.05, 0) is 18.8 Å². The highest BCUT2D eigenvalue weighted by atomic mass is 16.5. The normalized spacial score (nSPS) is 19.9. The first-order valence-corrected chi connectivity index (χ1v) is 11.1. The van der Waals surface area contributed by atoms with Crippen LogP contribution in [0.2, 0.25) is 0 Å². The second-order valence-electron chi connectivity index (χ2n) is 8.77. The molecule has 1 aliphatic carbocycles. The molecule has 1 fully saturated rings. The predicted octanol–water partition coefficient (Wildman–Crippen LogP) is 0.0955. The third-order valence-electron chi connectivity index (χ3n) is 6.00. The van der Waals surface area contributed by atoms with Gasteiger partial charge in [-0.1, -0.05) is 26.0 Å². The number of nitrogens with one attached hydrogen (secondary N) is 1. The number of aromatic amines is 1. The van der Waals surface area contributed by atoms with E-state index in [2.05, 4.69) is 4.98 Å². The number of nitrogen functional groups attached to an aromatic ring is 1. The largest absolute Gasteiger partial charge is 0.383 e. The number of H-pyrrole nitrogens is 1. The smallest absolute Gasteiger partial charge is 0.330 e. The molecule has 3 rings (SSSR count). The molecule has 2 aliphatic rings. The van der Waals surface area contributed by atoms with E-state index in [1.54, 1.807) is 0 Å². The lowest BCUT2D eigenvalue weighted by Gasteiger charge is -2.25. The summed E-state index contributed by atoms with van der Waals surface area (Å²) in [6.45, 7) is 4.08. The van der Waals surface area contributed by atoms with Gasteiger partial charge < -0.3 is 15.4 Å². The van der Waals surface area contributed by atoms with Crippen LogP contribution >= 0.6 is 0 Å². The highest BCUT2D eigenvalue weighted by Gasteiger charge is 2.47. The van der Waals surface area contributed by atoms with Gasteiger partial charge in [-0.2, -0.15) is 0 Å². The fourth-order valence-electron chi connectivity index (χ4n) is 4.36. The molecule has 33 heavy (non-hydrogen) atoms. The molecule has 180 valence electrons. The molecule has 3 amide bonds. The van der Waals surface area contributed by atoms with Crippen molar-refractivity contribution in [2.24, 2.45) is 17.8 Å². The minimum atomic E-state index is -0.785. The van der Waals surface area contributed by atoms with Crippen LogP contribution in [-0.2, 0) is 25.7 Å². The van der Waals surface area contributed by atoms with Gasteiger partial charge in [-0.25, -0.2) is 4.79 Å². The van der Waals surface area contributed by atoms with E-state index >= 15 is 0 Å². The molecule has 1 saturated heterocycles. The van der Waals surface area contributed by atoms with E-state index in [-0.39, 0.29) is 73.7 Å². The lowest BCUT2D eigenvalue weighted by atomic mass is 9.85. The van der Waals surface area contributed by atoms with Crippen LogP contribution in [0.4, 0.5) is 11.5 Å². The summed E-state index contributed by atoms with van der Waals surface area (Å²) in [4.78, 5) is 68.0. The number of fused-ring (bicyclic) bond motifs is 1. The van der Waals surface area contributed by atoms with Crippen molar-refractivity contribution < 1.29 is 19.1 Å². The van der Waals surface area contributed by atoms with Crippen molar-refractivity contribution in [1.29, 1.82) is 0 Å². The van der Waals surface area contributed by atoms with Crippen LogP contribution in [0.5, 0.6) is 0 Å². The molecule has 0 aromatic carbocycles. The molecule has 11 heteroatoms. The van der Waals surface area contributed by atoms with Crippen molar-refractivity contribution >= 4 is 29.2 Å². The number of methoxy groups -OCH3 is 1. The number of amides is 3. The molecular weight excluding hydrogens is 430 g/mol. The summed E-state index contributed by atoms with van der Waals surface area (Å²) in [5.41, 5.74) is 4.59. The molecule has 2 atom stereocenters. The van der Waals surface area contributed by atoms with E-state index in [1.165, 1.54) is 11.7 Å². The fourth-order valence-corrected chi connectivity index (χ4v) is 4.36. The molecule has 0 saturated carbocycles. The van der Waals surface area contributed by atoms with Crippen molar-refractivity contribution in [3.63, 3.8) is 0 Å². The molecule has 1 aromatic rings. The summed E-state index contributed by atoms with van der Waals surface area (Å²) in [6.07, 6.45) is 4.64. The van der Waals surface area contributed by atoms with E-state index in [9.17, 15) is 24.0 Å². The lowest BCUT2D eigenvalue weighted by Crippen LogP contribution is -2.44. The lowest BCUT2D eigenvalue weighted by molar-refractivity contribution is -0.140. The van der Waals surface area contributed by atoms with Crippen molar-refractivity contribution in [2.75, 3.05) is 37.4 Å². The van der Waals surface area contributed by atoms with Crippen molar-refractivity contribution in [3.05, 3.63) is 33.0 Å². The van der Waals surface area contributed by atoms with E-state index < -0.39 is 17.2 Å². The Hall–Kier alpha value is -3.21. The summed E-state index contributed by atoms with van der Waals surface area (Å²) in [7, 11) is 1.45. The molecule has 0 bridgehead atoms. The molecule has 0 unspecified atom stereocenters. The highest BCUT2D eigenvalue weighted by molar-refractivity contribution is 6.06. The Balaban J connectivity index is 1.84. The molecule has 2 heterocycles. The summed E-state index contributed by atoms with van der Waals surface area (Å²) < 4.78 is 6.30. The van der Waals surface area contributed by atoms with Gasteiger partial charge in [0, 0.05) is 33.2 Å². The van der Waals surface area contributed by atoms with E-state index in [4.69, 9.17) is 10.5 Å². The van der Waals surface area contributed by atoms with Crippen LogP contribution in [0.1, 0.15) is 33.1 Å². The van der Waals surface area contributed by atoms with Crippen LogP contribution in [0.3, 0.4) is 0 Å². The summed E-state index contributed by atoms with van der Waals surface area (Å²) in [5.74, 6) is -1.85. The Kier molecular flexibility index (Phi) is 7.52. The van der Waals surface area contributed by atoms with Crippen LogP contribution in [0.25, 0.3) is 0 Å². The Morgan fingerprint density at radius 3 is 2.33 bits per heavy atom. The zero-order chi connectivity index (χ0) is 24.3. The monoisotopic (exact) mass is 461 g/mol. The fraction of sp³-hybridized carbons (Fsp3) is 0.591. The van der Waals surface area contributed by atoms with Crippen LogP contribution in [-0.4, -0.2) is 59.0 Å². The molecule has 1 aliphatic heterocycles. The predicted molar refractivity (Wildman–Crippen MR) is 121 cm³/mol. The number of hydrogen-bond acceptors (Lipinski definition) is 7. The number of likely N-dealkylation sites (tertiary alicyclic amines) is 1. The van der Waals surface area contributed by atoms with Crippen molar-refractivity contribution in [1.82, 2.24) is 14.5 Å². The summed E-state index contributed by atoms with van der Waals surface area (Å²) in [6, 6.07) is 0. The number of nitrogens with two attached hydrogens (primary N) is 1. The number of allylic oxidation sites excluding steroid dienone is 2. The maximum absolute atomic E-state index is 13.2. The zero-order valence-electron chi connectivity index (χ0n) is 19.2. The topological polar surface area (TPSA) is 148 Å². The van der Waals surface area contributed by atoms with Gasteiger partial charge in [0.2, 0.25) is 17.7 Å². The van der Waals surface area contributed by atoms with E-state index in [0.29, 0.717) is 12.8 Å². The maximum atomic E-state index is 13.2. The first-order valence-electron chi connectivity index (χ1n) is 11.1. The molecule has 11 nitrogen and oxygen atoms in total. The Labute approximate surface area is 191 Å². The average molecular weight is 462 g/mol. The minimum absolute atomic E-state index is 0.0135. The number of nitrogens with zero attached hydrogens (tertiary/aromatic N) is 3. The molecule has 1 aromatic heterocycles. The van der Waals surface area contributed by atoms with Gasteiger partial charge in [0.05, 0.1) is 18.4 Å². The number of ether oxygens (including phenoxy) is 1. The van der Waals surface area contributed by atoms with Crippen LogP contribution in [0, 0.1) is 17.8 Å². The third-order valence-corrected chi connectivity index (χ3v) is 6.00. The molecular formula is C22H31N5O6. The van der Waals surface area contributed by atoms with Crippen molar-refractivity contribution in [3.8, 4) is 0 Å². The summed E-state index contributed by atoms with van der Waals surface area (Å²) >= 11 is 0. The first kappa shape index (κ1) is 24.4. The maximum Gasteiger partial charge on any atom is 0.330 e. The Morgan fingerprint density at radius 2 is 1.79 bits per heavy atom. The number of imide groups is 1. The van der Waals surface area contributed by atoms with Gasteiger partial charge in [0.1, 0.15) is 5.82 Å². The SMILES string of the molecule is COCCN(C(=O)CCN1C(=O)[C@H]2CC=CC[C@H]2C1=O)c1c(N)n(CC(C)C)c(=O)[nH]c1=O. The third kappa shape index (κ3) is 4.92. The Bertz CT molecular complexity index is 1050. The number of aromatic nitrogens is 2. The first-order chi connectivity index (χ1) is 15.7. The second-order valence-corrected chi connectivity index (χ2v) is 8.77. The number of carbonyl (C=O) groups is 3. The second kappa shape index (κ2) is 10.2. The van der Waals surface area contributed by atoms with Gasteiger partial charge in [0.15, 0.2) is 5.69 Å². The van der Waals surface area contributed by atoms with Crippen molar-refractivity contribution in [2.45, 2.75) is 39.7 Å². The van der Waals surface area contributed by atoms with E-state index in [1.807, 2.05) is 26.0 Å². The molecule has 0 spiro atoms. The van der Waals surface area contributed by atoms with Crippen LogP contribution in [0.15, 0.2) is 21.7 Å². The van der Waals surface area contributed by atoms with E-state index in [0.717, 1.165) is 9.80 Å². The number of hydrogen-bond donors (Lipinski definition) is 2. The van der Waals surface area contributed by atoms with Gasteiger partial charge in [0.25, 0.3) is 5.56 Å². The Morgan fingerprint density at radius 1 is 1.18 bits per heavy atom. The minimum Gasteiger partial charge on any atom is -0.383 e. The standard InChI is InChI=1S/C22H31N5O6/c1-13(2)12-27-18(23)17(19(29)24-22(27)32)25(10-11-33-3)16(28)8-9-26-20(30)14-6-4-5-7-15(14)21(26)31/h4-5,13-15H,6-12,23H2,1-3H3,(H,24,29,32)/t14-,15+. The molecule has 0 radical (unpaired) electrons. The number of anilines is 2. The number of rotatable bonds is 9.